The topological polar surface area (TPSA) is 61.4 Å². The number of carbonyl (C=O) groups excluding carboxylic acids is 2. The fourth-order valence-electron chi connectivity index (χ4n) is 2.72. The molecule has 5 nitrogen and oxygen atoms in total. The van der Waals surface area contributed by atoms with Crippen molar-refractivity contribution in [2.75, 3.05) is 13.6 Å². The van der Waals surface area contributed by atoms with Crippen LogP contribution in [0.1, 0.15) is 34.3 Å². The van der Waals surface area contributed by atoms with E-state index in [0.717, 1.165) is 23.2 Å². The number of halogens is 7. The van der Waals surface area contributed by atoms with Gasteiger partial charge in [-0.1, -0.05) is 41.4 Å². The lowest BCUT2D eigenvalue weighted by Crippen LogP contribution is -2.48. The first kappa shape index (κ1) is 26.9. The van der Waals surface area contributed by atoms with E-state index in [1.807, 2.05) is 0 Å². The molecule has 1 unspecified atom stereocenters. The molecule has 0 spiro atoms. The summed E-state index contributed by atoms with van der Waals surface area (Å²) in [7, 11) is 1.36. The van der Waals surface area contributed by atoms with Gasteiger partial charge in [0.2, 0.25) is 0 Å². The van der Waals surface area contributed by atoms with Crippen molar-refractivity contribution in [2.45, 2.75) is 19.0 Å². The first-order valence-corrected chi connectivity index (χ1v) is 10.9. The number of nitrogens with one attached hydrogen (secondary N) is 2. The highest BCUT2D eigenvalue weighted by atomic mass is 79.9. The lowest BCUT2D eigenvalue weighted by molar-refractivity contribution is -0.139. The van der Waals surface area contributed by atoms with Crippen LogP contribution in [-0.2, 0) is 0 Å². The summed E-state index contributed by atoms with van der Waals surface area (Å²) in [6, 6.07) is 5.50. The Bertz CT molecular complexity index is 1060. The van der Waals surface area contributed by atoms with Crippen molar-refractivity contribution in [2.24, 2.45) is 0 Å². The summed E-state index contributed by atoms with van der Waals surface area (Å²) in [5.74, 6) is -3.70. The summed E-state index contributed by atoms with van der Waals surface area (Å²) in [5, 5.41) is 2.45. The quantitative estimate of drug-likeness (QED) is 0.243. The zero-order chi connectivity index (χ0) is 24.9. The van der Waals surface area contributed by atoms with Crippen LogP contribution in [0.15, 0.2) is 40.9 Å². The van der Waals surface area contributed by atoms with Gasteiger partial charge in [-0.2, -0.15) is 13.2 Å². The molecule has 0 aliphatic rings. The second-order valence-corrected chi connectivity index (χ2v) is 8.42. The van der Waals surface area contributed by atoms with Crippen molar-refractivity contribution in [3.8, 4) is 0 Å². The number of nitrogens with zero attached hydrogens (tertiary/aromatic N) is 1. The number of hydrogen-bond donors (Lipinski definition) is 2. The Kier molecular flexibility index (Phi) is 9.16. The zero-order valence-electron chi connectivity index (χ0n) is 17.2. The van der Waals surface area contributed by atoms with Gasteiger partial charge in [0.15, 0.2) is 5.82 Å². The van der Waals surface area contributed by atoms with Crippen LogP contribution in [0.5, 0.6) is 0 Å². The summed E-state index contributed by atoms with van der Waals surface area (Å²) >= 11 is 14.5. The van der Waals surface area contributed by atoms with E-state index in [2.05, 4.69) is 26.7 Å². The molecule has 0 radical (unpaired) electrons. The highest BCUT2D eigenvalue weighted by Crippen LogP contribution is 2.39. The Morgan fingerprint density at radius 1 is 1.18 bits per heavy atom. The highest BCUT2D eigenvalue weighted by molar-refractivity contribution is 9.10. The molecule has 178 valence electrons. The molecule has 0 aromatic heterocycles. The molecule has 12 heteroatoms. The van der Waals surface area contributed by atoms with Gasteiger partial charge in [-0.15, -0.1) is 0 Å². The third-order valence-electron chi connectivity index (χ3n) is 4.34. The molecule has 0 bridgehead atoms. The van der Waals surface area contributed by atoms with Gasteiger partial charge in [-0.25, -0.2) is 14.2 Å². The number of benzene rings is 2. The van der Waals surface area contributed by atoms with E-state index in [-0.39, 0.29) is 11.1 Å². The van der Waals surface area contributed by atoms with Crippen LogP contribution in [0.4, 0.5) is 22.4 Å². The fraction of sp³-hybridized carbons (Fsp3) is 0.238. The molecular weight excluding hydrogens is 553 g/mol. The SMILES string of the molecule is CCNC(=O)N(C)NC(=O)c1ccc(C=CC(c2cc(Cl)c(F)c(Cl)c2)C(F)(F)F)cc1Br. The van der Waals surface area contributed by atoms with Gasteiger partial charge in [-0.3, -0.25) is 10.2 Å². The molecule has 33 heavy (non-hydrogen) atoms. The maximum absolute atomic E-state index is 13.6. The van der Waals surface area contributed by atoms with Gasteiger partial charge >= 0.3 is 12.2 Å². The minimum Gasteiger partial charge on any atom is -0.337 e. The van der Waals surface area contributed by atoms with Crippen molar-refractivity contribution in [1.82, 2.24) is 15.8 Å². The Morgan fingerprint density at radius 2 is 1.79 bits per heavy atom. The molecular formula is C21H18BrCl2F4N3O2. The van der Waals surface area contributed by atoms with Gasteiger partial charge in [0.25, 0.3) is 5.91 Å². The summed E-state index contributed by atoms with van der Waals surface area (Å²) < 4.78 is 54.8. The lowest BCUT2D eigenvalue weighted by Gasteiger charge is -2.19. The zero-order valence-corrected chi connectivity index (χ0v) is 20.3. The second kappa shape index (κ2) is 11.2. The number of alkyl halides is 3. The fourth-order valence-corrected chi connectivity index (χ4v) is 3.80. The average molecular weight is 571 g/mol. The normalized spacial score (nSPS) is 12.5. The van der Waals surface area contributed by atoms with E-state index in [1.165, 1.54) is 31.3 Å². The molecule has 0 aliphatic heterocycles. The number of hydrazine groups is 1. The minimum absolute atomic E-state index is 0.160. The van der Waals surface area contributed by atoms with Crippen molar-refractivity contribution in [1.29, 1.82) is 0 Å². The van der Waals surface area contributed by atoms with Crippen molar-refractivity contribution < 1.29 is 27.2 Å². The van der Waals surface area contributed by atoms with Crippen LogP contribution in [0, 0.1) is 5.82 Å². The van der Waals surface area contributed by atoms with Crippen molar-refractivity contribution in [3.63, 3.8) is 0 Å². The van der Waals surface area contributed by atoms with Crippen molar-refractivity contribution >= 4 is 57.1 Å². The maximum Gasteiger partial charge on any atom is 0.399 e. The van der Waals surface area contributed by atoms with Gasteiger partial charge in [0, 0.05) is 18.1 Å². The molecule has 0 aliphatic carbocycles. The minimum atomic E-state index is -4.69. The predicted octanol–water partition coefficient (Wildman–Crippen LogP) is 6.56. The molecule has 2 rings (SSSR count). The molecule has 0 heterocycles. The number of rotatable bonds is 5. The standard InChI is InChI=1S/C21H18BrCl2F4N3O2/c1-3-29-20(33)31(2)30-19(32)13-6-4-11(8-15(13)22)5-7-14(21(26,27)28)12-9-16(23)18(25)17(24)10-12/h4-10,14H,3H2,1-2H3,(H,29,33)(H,30,32). The van der Waals surface area contributed by atoms with Gasteiger partial charge in [0.05, 0.1) is 21.5 Å². The van der Waals surface area contributed by atoms with Crippen LogP contribution in [0.3, 0.4) is 0 Å². The van der Waals surface area contributed by atoms with Crippen molar-refractivity contribution in [3.05, 3.63) is 73.4 Å². The predicted molar refractivity (Wildman–Crippen MR) is 123 cm³/mol. The third-order valence-corrected chi connectivity index (χ3v) is 5.54. The van der Waals surface area contributed by atoms with Crippen LogP contribution in [-0.4, -0.2) is 36.7 Å². The summed E-state index contributed by atoms with van der Waals surface area (Å²) in [5.41, 5.74) is 2.57. The molecule has 0 fully saturated rings. The van der Waals surface area contributed by atoms with Gasteiger partial charge in [0.1, 0.15) is 0 Å². The molecule has 0 saturated heterocycles. The second-order valence-electron chi connectivity index (χ2n) is 6.75. The Balaban J connectivity index is 2.27. The number of amides is 3. The first-order valence-electron chi connectivity index (χ1n) is 9.36. The number of allylic oxidation sites excluding steroid dienone is 1. The first-order chi connectivity index (χ1) is 15.3. The van der Waals surface area contributed by atoms with Gasteiger partial charge < -0.3 is 5.32 Å². The Labute approximate surface area is 205 Å². The largest absolute Gasteiger partial charge is 0.399 e. The summed E-state index contributed by atoms with van der Waals surface area (Å²) in [6.45, 7) is 2.10. The summed E-state index contributed by atoms with van der Waals surface area (Å²) in [6.07, 6.45) is -2.61. The Hall–Kier alpha value is -2.30. The molecule has 2 aromatic rings. The van der Waals surface area contributed by atoms with E-state index in [0.29, 0.717) is 16.6 Å². The molecule has 0 saturated carbocycles. The third kappa shape index (κ3) is 7.09. The Morgan fingerprint density at radius 3 is 2.30 bits per heavy atom. The molecule has 2 N–H and O–H groups in total. The van der Waals surface area contributed by atoms with E-state index >= 15 is 0 Å². The van der Waals surface area contributed by atoms with E-state index in [4.69, 9.17) is 23.2 Å². The molecule has 2 aromatic carbocycles. The van der Waals surface area contributed by atoms with E-state index < -0.39 is 39.9 Å². The smallest absolute Gasteiger partial charge is 0.337 e. The average Bonchev–Trinajstić information content (AvgIpc) is 2.71. The lowest BCUT2D eigenvalue weighted by atomic mass is 9.97. The molecule has 3 amide bonds. The van der Waals surface area contributed by atoms with Gasteiger partial charge in [-0.05, 0) is 58.2 Å². The monoisotopic (exact) mass is 569 g/mol. The van der Waals surface area contributed by atoms with Crippen LogP contribution >= 0.6 is 39.1 Å². The van der Waals surface area contributed by atoms with E-state index in [1.54, 1.807) is 6.92 Å². The number of urea groups is 1. The number of hydrogen-bond acceptors (Lipinski definition) is 2. The maximum atomic E-state index is 13.6. The molecule has 1 atom stereocenters. The van der Waals surface area contributed by atoms with E-state index in [9.17, 15) is 27.2 Å². The summed E-state index contributed by atoms with van der Waals surface area (Å²) in [4.78, 5) is 24.1. The number of carbonyl (C=O) groups is 2. The van der Waals surface area contributed by atoms with Crippen LogP contribution < -0.4 is 10.7 Å². The highest BCUT2D eigenvalue weighted by Gasteiger charge is 2.39. The van der Waals surface area contributed by atoms with Crippen LogP contribution in [0.2, 0.25) is 10.0 Å². The van der Waals surface area contributed by atoms with Crippen LogP contribution in [0.25, 0.3) is 6.08 Å².